The predicted octanol–water partition coefficient (Wildman–Crippen LogP) is 1.80. The maximum Gasteiger partial charge on any atom is 0.253 e. The molecular formula is C12H12FN3O2. The fraction of sp³-hybridized carbons (Fsp3) is 0.417. The highest BCUT2D eigenvalue weighted by Crippen LogP contribution is 2.18. The number of aromatic nitrogens is 2. The molecule has 1 aromatic carbocycles. The Morgan fingerprint density at radius 2 is 2.00 bits per heavy atom. The number of amides is 1. The first-order chi connectivity index (χ1) is 8.74. The van der Waals surface area contributed by atoms with Gasteiger partial charge in [-0.1, -0.05) is 0 Å². The summed E-state index contributed by atoms with van der Waals surface area (Å²) < 4.78 is 17.6. The number of hydrogen-bond donors (Lipinski definition) is 0. The standard InChI is InChI=1S/C12H12FN3O2/c13-9-3-5-16(6-4-9)12(17)8-1-2-10-11(7-8)15-18-14-10/h1-2,7,9H,3-6H2. The molecule has 0 atom stereocenters. The van der Waals surface area contributed by atoms with Crippen molar-refractivity contribution in [2.45, 2.75) is 19.0 Å². The van der Waals surface area contributed by atoms with Crippen molar-refractivity contribution in [1.82, 2.24) is 15.2 Å². The molecular weight excluding hydrogens is 237 g/mol. The van der Waals surface area contributed by atoms with Gasteiger partial charge in [-0.05, 0) is 41.4 Å². The van der Waals surface area contributed by atoms with Gasteiger partial charge in [0.2, 0.25) is 0 Å². The second-order valence-electron chi connectivity index (χ2n) is 4.43. The molecule has 2 heterocycles. The van der Waals surface area contributed by atoms with Crippen molar-refractivity contribution in [2.75, 3.05) is 13.1 Å². The number of likely N-dealkylation sites (tertiary alicyclic amines) is 1. The first-order valence-electron chi connectivity index (χ1n) is 5.90. The van der Waals surface area contributed by atoms with Crippen LogP contribution in [0.25, 0.3) is 11.0 Å². The fourth-order valence-corrected chi connectivity index (χ4v) is 2.15. The number of alkyl halides is 1. The zero-order valence-electron chi connectivity index (χ0n) is 9.67. The van der Waals surface area contributed by atoms with Crippen LogP contribution in [-0.2, 0) is 0 Å². The summed E-state index contributed by atoms with van der Waals surface area (Å²) in [4.78, 5) is 13.9. The normalized spacial score (nSPS) is 17.3. The first kappa shape index (κ1) is 11.1. The lowest BCUT2D eigenvalue weighted by Crippen LogP contribution is -2.39. The monoisotopic (exact) mass is 249 g/mol. The molecule has 5 nitrogen and oxygen atoms in total. The number of piperidine rings is 1. The first-order valence-corrected chi connectivity index (χ1v) is 5.90. The third kappa shape index (κ3) is 1.94. The summed E-state index contributed by atoms with van der Waals surface area (Å²) >= 11 is 0. The number of benzene rings is 1. The third-order valence-electron chi connectivity index (χ3n) is 3.21. The summed E-state index contributed by atoms with van der Waals surface area (Å²) in [6.45, 7) is 0.935. The van der Waals surface area contributed by atoms with Gasteiger partial charge < -0.3 is 4.90 Å². The molecule has 1 saturated heterocycles. The molecule has 3 rings (SSSR count). The summed E-state index contributed by atoms with van der Waals surface area (Å²) in [7, 11) is 0. The van der Waals surface area contributed by atoms with Gasteiger partial charge in [0.1, 0.15) is 17.2 Å². The van der Waals surface area contributed by atoms with Crippen molar-refractivity contribution in [2.24, 2.45) is 0 Å². The zero-order chi connectivity index (χ0) is 12.5. The van der Waals surface area contributed by atoms with Crippen molar-refractivity contribution in [3.05, 3.63) is 23.8 Å². The lowest BCUT2D eigenvalue weighted by atomic mass is 10.1. The van der Waals surface area contributed by atoms with Gasteiger partial charge in [-0.25, -0.2) is 9.02 Å². The second-order valence-corrected chi connectivity index (χ2v) is 4.43. The van der Waals surface area contributed by atoms with Gasteiger partial charge in [0.15, 0.2) is 0 Å². The minimum absolute atomic E-state index is 0.0909. The third-order valence-corrected chi connectivity index (χ3v) is 3.21. The van der Waals surface area contributed by atoms with Crippen molar-refractivity contribution in [3.8, 4) is 0 Å². The number of hydrogen-bond acceptors (Lipinski definition) is 4. The zero-order valence-corrected chi connectivity index (χ0v) is 9.67. The van der Waals surface area contributed by atoms with E-state index in [4.69, 9.17) is 0 Å². The summed E-state index contributed by atoms with van der Waals surface area (Å²) in [5, 5.41) is 7.38. The minimum Gasteiger partial charge on any atom is -0.338 e. The van der Waals surface area contributed by atoms with Crippen molar-refractivity contribution in [1.29, 1.82) is 0 Å². The molecule has 1 aliphatic heterocycles. The van der Waals surface area contributed by atoms with E-state index in [1.165, 1.54) is 0 Å². The molecule has 94 valence electrons. The number of halogens is 1. The Balaban J connectivity index is 1.82. The topological polar surface area (TPSA) is 59.2 Å². The van der Waals surface area contributed by atoms with E-state index < -0.39 is 6.17 Å². The minimum atomic E-state index is -0.781. The highest BCUT2D eigenvalue weighted by atomic mass is 19.1. The van der Waals surface area contributed by atoms with Gasteiger partial charge in [-0.15, -0.1) is 0 Å². The molecule has 1 aliphatic rings. The largest absolute Gasteiger partial charge is 0.338 e. The summed E-state index contributed by atoms with van der Waals surface area (Å²) in [6, 6.07) is 5.03. The number of carbonyl (C=O) groups is 1. The average Bonchev–Trinajstić information content (AvgIpc) is 2.86. The lowest BCUT2D eigenvalue weighted by molar-refractivity contribution is 0.0667. The van der Waals surface area contributed by atoms with Crippen LogP contribution < -0.4 is 0 Å². The van der Waals surface area contributed by atoms with E-state index in [1.807, 2.05) is 0 Å². The second kappa shape index (κ2) is 4.36. The summed E-state index contributed by atoms with van der Waals surface area (Å²) in [5.74, 6) is -0.0909. The van der Waals surface area contributed by atoms with Gasteiger partial charge in [-0.3, -0.25) is 4.79 Å². The average molecular weight is 249 g/mol. The Morgan fingerprint density at radius 3 is 2.78 bits per heavy atom. The quantitative estimate of drug-likeness (QED) is 0.773. The van der Waals surface area contributed by atoms with E-state index in [1.54, 1.807) is 23.1 Å². The van der Waals surface area contributed by atoms with Crippen LogP contribution in [0.1, 0.15) is 23.2 Å². The van der Waals surface area contributed by atoms with E-state index >= 15 is 0 Å². The summed E-state index contributed by atoms with van der Waals surface area (Å²) in [6.07, 6.45) is 0.0511. The highest BCUT2D eigenvalue weighted by molar-refractivity contribution is 5.97. The Kier molecular flexibility index (Phi) is 2.70. The number of carbonyl (C=O) groups excluding carboxylic acids is 1. The van der Waals surface area contributed by atoms with E-state index in [2.05, 4.69) is 14.9 Å². The Hall–Kier alpha value is -1.98. The van der Waals surface area contributed by atoms with Crippen molar-refractivity contribution in [3.63, 3.8) is 0 Å². The van der Waals surface area contributed by atoms with Gasteiger partial charge >= 0.3 is 0 Å². The van der Waals surface area contributed by atoms with Crippen LogP contribution in [0.15, 0.2) is 22.8 Å². The Bertz CT molecular complexity index is 575. The Morgan fingerprint density at radius 1 is 1.28 bits per heavy atom. The van der Waals surface area contributed by atoms with Gasteiger partial charge in [0.05, 0.1) is 0 Å². The summed E-state index contributed by atoms with van der Waals surface area (Å²) in [5.41, 5.74) is 1.71. The van der Waals surface area contributed by atoms with E-state index in [0.717, 1.165) is 0 Å². The molecule has 0 unspecified atom stereocenters. The van der Waals surface area contributed by atoms with Crippen LogP contribution in [0.3, 0.4) is 0 Å². The molecule has 0 bridgehead atoms. The molecule has 0 aliphatic carbocycles. The molecule has 2 aromatic rings. The van der Waals surface area contributed by atoms with E-state index in [0.29, 0.717) is 42.5 Å². The molecule has 1 aromatic heterocycles. The van der Waals surface area contributed by atoms with Gasteiger partial charge in [0, 0.05) is 18.7 Å². The smallest absolute Gasteiger partial charge is 0.253 e. The van der Waals surface area contributed by atoms with Crippen molar-refractivity contribution >= 4 is 16.9 Å². The number of rotatable bonds is 1. The molecule has 0 radical (unpaired) electrons. The highest BCUT2D eigenvalue weighted by Gasteiger charge is 2.23. The molecule has 6 heteroatoms. The molecule has 1 fully saturated rings. The molecule has 0 spiro atoms. The van der Waals surface area contributed by atoms with Crippen LogP contribution in [-0.4, -0.2) is 40.4 Å². The number of nitrogens with zero attached hydrogens (tertiary/aromatic N) is 3. The van der Waals surface area contributed by atoms with E-state index in [9.17, 15) is 9.18 Å². The molecule has 1 amide bonds. The van der Waals surface area contributed by atoms with Crippen LogP contribution in [0.4, 0.5) is 4.39 Å². The van der Waals surface area contributed by atoms with Gasteiger partial charge in [-0.2, -0.15) is 0 Å². The maximum atomic E-state index is 13.0. The molecule has 0 N–H and O–H groups in total. The lowest BCUT2D eigenvalue weighted by Gasteiger charge is -2.28. The van der Waals surface area contributed by atoms with Crippen LogP contribution in [0, 0.1) is 0 Å². The number of fused-ring (bicyclic) bond motifs is 1. The van der Waals surface area contributed by atoms with E-state index in [-0.39, 0.29) is 5.91 Å². The fourth-order valence-electron chi connectivity index (χ4n) is 2.15. The van der Waals surface area contributed by atoms with Gasteiger partial charge in [0.25, 0.3) is 5.91 Å². The van der Waals surface area contributed by atoms with Crippen LogP contribution in [0.2, 0.25) is 0 Å². The SMILES string of the molecule is O=C(c1ccc2nonc2c1)N1CCC(F)CC1. The Labute approximate surface area is 103 Å². The molecule has 0 saturated carbocycles. The predicted molar refractivity (Wildman–Crippen MR) is 61.8 cm³/mol. The molecule has 18 heavy (non-hydrogen) atoms. The van der Waals surface area contributed by atoms with Crippen molar-refractivity contribution < 1.29 is 13.8 Å². The maximum absolute atomic E-state index is 13.0. The van der Waals surface area contributed by atoms with Crippen LogP contribution in [0.5, 0.6) is 0 Å². The van der Waals surface area contributed by atoms with Crippen LogP contribution >= 0.6 is 0 Å².